The Morgan fingerprint density at radius 2 is 1.90 bits per heavy atom. The minimum Gasteiger partial charge on any atom is -0.336 e. The molecule has 2 amide bonds. The smallest absolute Gasteiger partial charge is 0.315 e. The number of nitrogens with one attached hydrogen (secondary N) is 2. The van der Waals surface area contributed by atoms with Gasteiger partial charge in [-0.2, -0.15) is 0 Å². The second-order valence-corrected chi connectivity index (χ2v) is 6.37. The van der Waals surface area contributed by atoms with Gasteiger partial charge in [0.25, 0.3) is 0 Å². The molecule has 4 nitrogen and oxygen atoms in total. The van der Waals surface area contributed by atoms with E-state index in [-0.39, 0.29) is 18.1 Å². The lowest BCUT2D eigenvalue weighted by Crippen LogP contribution is -2.44. The summed E-state index contributed by atoms with van der Waals surface area (Å²) in [6.07, 6.45) is 2.48. The molecule has 1 saturated carbocycles. The zero-order chi connectivity index (χ0) is 15.4. The average Bonchev–Trinajstić information content (AvgIpc) is 3.25. The lowest BCUT2D eigenvalue weighted by atomic mass is 10.0. The maximum Gasteiger partial charge on any atom is 0.315 e. The molecule has 1 fully saturated rings. The largest absolute Gasteiger partial charge is 0.336 e. The predicted octanol–water partition coefficient (Wildman–Crippen LogP) is 2.70. The van der Waals surface area contributed by atoms with Gasteiger partial charge in [-0.25, -0.2) is 4.79 Å². The number of carbonyl (C=O) groups is 1. The lowest BCUT2D eigenvalue weighted by Gasteiger charge is -2.25. The van der Waals surface area contributed by atoms with Gasteiger partial charge in [0.15, 0.2) is 0 Å². The van der Waals surface area contributed by atoms with Crippen LogP contribution in [0.15, 0.2) is 24.3 Å². The van der Waals surface area contributed by atoms with E-state index in [1.807, 2.05) is 14.1 Å². The maximum atomic E-state index is 12.0. The third-order valence-corrected chi connectivity index (χ3v) is 4.23. The minimum absolute atomic E-state index is 0.0617. The number of nitrogens with zero attached hydrogens (tertiary/aromatic N) is 1. The van der Waals surface area contributed by atoms with Crippen molar-refractivity contribution in [3.05, 3.63) is 35.4 Å². The van der Waals surface area contributed by atoms with Crippen LogP contribution in [-0.4, -0.2) is 37.6 Å². The molecule has 0 aliphatic heterocycles. The lowest BCUT2D eigenvalue weighted by molar-refractivity contribution is 0.228. The number of amides is 2. The standard InChI is InChI=1S/C17H27N3O/c1-12-5-7-15(8-6-12)16(20(3)4)11-18-17(21)19-13(2)14-9-10-14/h5-8,13-14,16H,9-11H2,1-4H3,(H2,18,19,21). The second-order valence-electron chi connectivity index (χ2n) is 6.37. The van der Waals surface area contributed by atoms with Crippen molar-refractivity contribution in [2.75, 3.05) is 20.6 Å². The van der Waals surface area contributed by atoms with Crippen molar-refractivity contribution >= 4 is 6.03 Å². The molecular weight excluding hydrogens is 262 g/mol. The van der Waals surface area contributed by atoms with Crippen molar-refractivity contribution in [3.63, 3.8) is 0 Å². The van der Waals surface area contributed by atoms with Crippen LogP contribution in [0.1, 0.15) is 36.9 Å². The fraction of sp³-hybridized carbons (Fsp3) is 0.588. The van der Waals surface area contributed by atoms with Crippen LogP contribution in [0.5, 0.6) is 0 Å². The summed E-state index contributed by atoms with van der Waals surface area (Å²) in [5, 5.41) is 6.03. The summed E-state index contributed by atoms with van der Waals surface area (Å²) in [7, 11) is 4.08. The highest BCUT2D eigenvalue weighted by Crippen LogP contribution is 2.32. The van der Waals surface area contributed by atoms with Crippen LogP contribution in [0.2, 0.25) is 0 Å². The molecule has 116 valence electrons. The Balaban J connectivity index is 1.87. The van der Waals surface area contributed by atoms with Gasteiger partial charge in [0.2, 0.25) is 0 Å². The highest BCUT2D eigenvalue weighted by atomic mass is 16.2. The van der Waals surface area contributed by atoms with Crippen molar-refractivity contribution in [3.8, 4) is 0 Å². The normalized spacial score (nSPS) is 17.4. The Morgan fingerprint density at radius 1 is 1.29 bits per heavy atom. The summed E-state index contributed by atoms with van der Waals surface area (Å²) in [6.45, 7) is 4.78. The van der Waals surface area contributed by atoms with Crippen LogP contribution in [0.3, 0.4) is 0 Å². The molecule has 0 bridgehead atoms. The van der Waals surface area contributed by atoms with Crippen LogP contribution in [0.4, 0.5) is 4.79 Å². The first-order valence-corrected chi connectivity index (χ1v) is 7.74. The summed E-state index contributed by atoms with van der Waals surface area (Å²) >= 11 is 0. The molecule has 21 heavy (non-hydrogen) atoms. The Hall–Kier alpha value is -1.55. The number of rotatable bonds is 6. The first-order chi connectivity index (χ1) is 9.97. The third-order valence-electron chi connectivity index (χ3n) is 4.23. The van der Waals surface area contributed by atoms with Crippen LogP contribution >= 0.6 is 0 Å². The third kappa shape index (κ3) is 4.74. The Bertz CT molecular complexity index is 465. The number of hydrogen-bond donors (Lipinski definition) is 2. The first-order valence-electron chi connectivity index (χ1n) is 7.74. The van der Waals surface area contributed by atoms with Crippen molar-refractivity contribution < 1.29 is 4.79 Å². The molecule has 2 unspecified atom stereocenters. The van der Waals surface area contributed by atoms with Crippen LogP contribution < -0.4 is 10.6 Å². The summed E-state index contributed by atoms with van der Waals surface area (Å²) in [6, 6.07) is 8.89. The van der Waals surface area contributed by atoms with E-state index in [9.17, 15) is 4.79 Å². The van der Waals surface area contributed by atoms with Crippen molar-refractivity contribution in [1.82, 2.24) is 15.5 Å². The predicted molar refractivity (Wildman–Crippen MR) is 86.3 cm³/mol. The fourth-order valence-corrected chi connectivity index (χ4v) is 2.55. The Labute approximate surface area is 127 Å². The number of urea groups is 1. The quantitative estimate of drug-likeness (QED) is 0.845. The Kier molecular flexibility index (Phi) is 5.23. The van der Waals surface area contributed by atoms with Crippen molar-refractivity contribution in [2.45, 2.75) is 38.8 Å². The van der Waals surface area contributed by atoms with Crippen molar-refractivity contribution in [2.24, 2.45) is 5.92 Å². The van der Waals surface area contributed by atoms with Gasteiger partial charge in [0.1, 0.15) is 0 Å². The molecule has 2 N–H and O–H groups in total. The molecule has 2 atom stereocenters. The van der Waals surface area contributed by atoms with E-state index >= 15 is 0 Å². The van der Waals surface area contributed by atoms with Gasteiger partial charge >= 0.3 is 6.03 Å². The summed E-state index contributed by atoms with van der Waals surface area (Å²) in [5.41, 5.74) is 2.47. The van der Waals surface area contributed by atoms with Crippen molar-refractivity contribution in [1.29, 1.82) is 0 Å². The summed E-state index contributed by atoms with van der Waals surface area (Å²) in [4.78, 5) is 14.1. The van der Waals surface area contributed by atoms with Gasteiger partial charge in [0.05, 0.1) is 6.04 Å². The SMILES string of the molecule is Cc1ccc(C(CNC(=O)NC(C)C2CC2)N(C)C)cc1. The number of benzene rings is 1. The average molecular weight is 289 g/mol. The maximum absolute atomic E-state index is 12.0. The molecule has 0 spiro atoms. The van der Waals surface area contributed by atoms with E-state index in [0.717, 1.165) is 0 Å². The van der Waals surface area contributed by atoms with E-state index in [1.54, 1.807) is 0 Å². The molecule has 0 heterocycles. The number of aryl methyl sites for hydroxylation is 1. The highest BCUT2D eigenvalue weighted by molar-refractivity contribution is 5.74. The van der Waals surface area contributed by atoms with E-state index < -0.39 is 0 Å². The molecule has 0 radical (unpaired) electrons. The van der Waals surface area contributed by atoms with E-state index in [2.05, 4.69) is 53.6 Å². The van der Waals surface area contributed by atoms with Crippen LogP contribution in [-0.2, 0) is 0 Å². The van der Waals surface area contributed by atoms with Gasteiger partial charge < -0.3 is 15.5 Å². The molecular formula is C17H27N3O. The van der Waals surface area contributed by atoms with Crippen LogP contribution in [0.25, 0.3) is 0 Å². The highest BCUT2D eigenvalue weighted by Gasteiger charge is 2.29. The van der Waals surface area contributed by atoms with Gasteiger partial charge in [-0.15, -0.1) is 0 Å². The molecule has 1 aromatic carbocycles. The van der Waals surface area contributed by atoms with Gasteiger partial charge in [-0.3, -0.25) is 0 Å². The number of likely N-dealkylation sites (N-methyl/N-ethyl adjacent to an activating group) is 1. The minimum atomic E-state index is -0.0617. The van der Waals surface area contributed by atoms with E-state index in [0.29, 0.717) is 12.5 Å². The molecule has 1 aliphatic rings. The second kappa shape index (κ2) is 6.94. The molecule has 0 saturated heterocycles. The fourth-order valence-electron chi connectivity index (χ4n) is 2.55. The topological polar surface area (TPSA) is 44.4 Å². The zero-order valence-electron chi connectivity index (χ0n) is 13.5. The molecule has 4 heteroatoms. The van der Waals surface area contributed by atoms with Crippen LogP contribution in [0, 0.1) is 12.8 Å². The number of carbonyl (C=O) groups excluding carboxylic acids is 1. The van der Waals surface area contributed by atoms with E-state index in [4.69, 9.17) is 0 Å². The summed E-state index contributed by atoms with van der Waals surface area (Å²) in [5.74, 6) is 0.678. The van der Waals surface area contributed by atoms with Gasteiger partial charge in [-0.05, 0) is 52.3 Å². The zero-order valence-corrected chi connectivity index (χ0v) is 13.5. The monoisotopic (exact) mass is 289 g/mol. The molecule has 1 aliphatic carbocycles. The van der Waals surface area contributed by atoms with E-state index in [1.165, 1.54) is 24.0 Å². The van der Waals surface area contributed by atoms with Gasteiger partial charge in [0, 0.05) is 12.6 Å². The molecule has 0 aromatic heterocycles. The van der Waals surface area contributed by atoms with Gasteiger partial charge in [-0.1, -0.05) is 29.8 Å². The first kappa shape index (κ1) is 15.8. The number of hydrogen-bond acceptors (Lipinski definition) is 2. The Morgan fingerprint density at radius 3 is 2.43 bits per heavy atom. The molecule has 2 rings (SSSR count). The summed E-state index contributed by atoms with van der Waals surface area (Å²) < 4.78 is 0. The molecule has 1 aromatic rings.